The maximum absolute atomic E-state index is 10.2. The van der Waals surface area contributed by atoms with Crippen LogP contribution in [0.5, 0.6) is 0 Å². The van der Waals surface area contributed by atoms with Crippen LogP contribution >= 0.6 is 0 Å². The fourth-order valence-corrected chi connectivity index (χ4v) is 1.07. The van der Waals surface area contributed by atoms with E-state index in [4.69, 9.17) is 6.57 Å². The van der Waals surface area contributed by atoms with Crippen molar-refractivity contribution in [3.05, 3.63) is 40.7 Å². The maximum Gasteiger partial charge on any atom is 0.190 e. The summed E-state index contributed by atoms with van der Waals surface area (Å²) in [6.45, 7) is 8.69. The molecule has 0 fully saturated rings. The van der Waals surface area contributed by atoms with Crippen LogP contribution in [-0.2, 0) is 11.2 Å². The molecule has 0 amide bonds. The SMILES string of the molecule is [C-]#[N+]c1ccc(CC=O)cc1C. The van der Waals surface area contributed by atoms with Gasteiger partial charge in [-0.1, -0.05) is 18.2 Å². The second kappa shape index (κ2) is 3.68. The predicted molar refractivity (Wildman–Crippen MR) is 47.2 cm³/mol. The molecule has 0 saturated heterocycles. The second-order valence-corrected chi connectivity index (χ2v) is 2.60. The van der Waals surface area contributed by atoms with Crippen LogP contribution in [0, 0.1) is 13.5 Å². The quantitative estimate of drug-likeness (QED) is 0.479. The minimum atomic E-state index is 0.430. The Hall–Kier alpha value is -1.62. The molecule has 0 atom stereocenters. The Labute approximate surface area is 71.7 Å². The molecule has 60 valence electrons. The van der Waals surface area contributed by atoms with Crippen LogP contribution in [0.2, 0.25) is 0 Å². The van der Waals surface area contributed by atoms with Gasteiger partial charge in [-0.2, -0.15) is 0 Å². The highest BCUT2D eigenvalue weighted by Gasteiger charge is 1.97. The normalized spacial score (nSPS) is 9.00. The molecule has 1 aromatic carbocycles. The summed E-state index contributed by atoms with van der Waals surface area (Å²) in [6.07, 6.45) is 1.30. The molecule has 0 aliphatic carbocycles. The van der Waals surface area contributed by atoms with E-state index in [-0.39, 0.29) is 0 Å². The summed E-state index contributed by atoms with van der Waals surface area (Å²) in [7, 11) is 0. The number of hydrogen-bond donors (Lipinski definition) is 0. The van der Waals surface area contributed by atoms with E-state index in [0.717, 1.165) is 17.4 Å². The number of carbonyl (C=O) groups is 1. The molecule has 0 unspecified atom stereocenters. The van der Waals surface area contributed by atoms with Gasteiger partial charge in [-0.25, -0.2) is 4.85 Å². The van der Waals surface area contributed by atoms with E-state index in [1.165, 1.54) is 0 Å². The van der Waals surface area contributed by atoms with Crippen LogP contribution in [0.1, 0.15) is 11.1 Å². The number of carbonyl (C=O) groups excluding carboxylic acids is 1. The topological polar surface area (TPSA) is 21.4 Å². The molecule has 0 aliphatic heterocycles. The smallest absolute Gasteiger partial charge is 0.190 e. The van der Waals surface area contributed by atoms with E-state index in [1.807, 2.05) is 19.1 Å². The van der Waals surface area contributed by atoms with Gasteiger partial charge in [-0.3, -0.25) is 0 Å². The van der Waals surface area contributed by atoms with Crippen molar-refractivity contribution in [1.29, 1.82) is 0 Å². The molecule has 12 heavy (non-hydrogen) atoms. The number of benzene rings is 1. The summed E-state index contributed by atoms with van der Waals surface area (Å²) in [6, 6.07) is 5.44. The van der Waals surface area contributed by atoms with E-state index in [9.17, 15) is 4.79 Å². The summed E-state index contributed by atoms with van der Waals surface area (Å²) in [5, 5.41) is 0. The summed E-state index contributed by atoms with van der Waals surface area (Å²) in [5.41, 5.74) is 2.56. The van der Waals surface area contributed by atoms with Crippen LogP contribution < -0.4 is 0 Å². The molecule has 2 heteroatoms. The zero-order valence-electron chi connectivity index (χ0n) is 6.87. The highest BCUT2D eigenvalue weighted by molar-refractivity contribution is 5.59. The molecule has 0 bridgehead atoms. The molecule has 0 aromatic heterocycles. The highest BCUT2D eigenvalue weighted by Crippen LogP contribution is 2.19. The fraction of sp³-hybridized carbons (Fsp3) is 0.200. The molecular weight excluding hydrogens is 150 g/mol. The van der Waals surface area contributed by atoms with Crippen LogP contribution in [-0.4, -0.2) is 6.29 Å². The molecular formula is C10H9NO. The number of aldehydes is 1. The Kier molecular flexibility index (Phi) is 2.60. The van der Waals surface area contributed by atoms with Crippen molar-refractivity contribution < 1.29 is 4.79 Å². The van der Waals surface area contributed by atoms with Gasteiger partial charge in [-0.15, -0.1) is 0 Å². The Morgan fingerprint density at radius 2 is 2.33 bits per heavy atom. The van der Waals surface area contributed by atoms with Crippen LogP contribution in [0.25, 0.3) is 4.85 Å². The lowest BCUT2D eigenvalue weighted by Crippen LogP contribution is -1.85. The van der Waals surface area contributed by atoms with Crippen molar-refractivity contribution in [2.45, 2.75) is 13.3 Å². The van der Waals surface area contributed by atoms with Gasteiger partial charge in [0, 0.05) is 6.42 Å². The Bertz CT molecular complexity index is 336. The first-order valence-corrected chi connectivity index (χ1v) is 3.68. The molecule has 1 rings (SSSR count). The minimum absolute atomic E-state index is 0.430. The fourth-order valence-electron chi connectivity index (χ4n) is 1.07. The average Bonchev–Trinajstić information content (AvgIpc) is 2.05. The standard InChI is InChI=1S/C10H9NO/c1-8-7-9(5-6-12)3-4-10(8)11-2/h3-4,6-7H,5H2,1H3. The Morgan fingerprint density at radius 3 is 2.83 bits per heavy atom. The summed E-state index contributed by atoms with van der Waals surface area (Å²) < 4.78 is 0. The van der Waals surface area contributed by atoms with Gasteiger partial charge in [0.25, 0.3) is 0 Å². The largest absolute Gasteiger partial charge is 0.303 e. The third kappa shape index (κ3) is 1.70. The van der Waals surface area contributed by atoms with Crippen molar-refractivity contribution in [3.8, 4) is 0 Å². The van der Waals surface area contributed by atoms with Gasteiger partial charge in [0.1, 0.15) is 6.29 Å². The molecule has 0 heterocycles. The van der Waals surface area contributed by atoms with E-state index in [0.29, 0.717) is 12.1 Å². The molecule has 0 N–H and O–H groups in total. The lowest BCUT2D eigenvalue weighted by atomic mass is 10.1. The Balaban J connectivity index is 3.03. The summed E-state index contributed by atoms with van der Waals surface area (Å²) >= 11 is 0. The van der Waals surface area contributed by atoms with Crippen LogP contribution in [0.15, 0.2) is 18.2 Å². The van der Waals surface area contributed by atoms with E-state index >= 15 is 0 Å². The zero-order valence-corrected chi connectivity index (χ0v) is 6.87. The van der Waals surface area contributed by atoms with Gasteiger partial charge in [0.15, 0.2) is 5.69 Å². The number of nitrogens with zero attached hydrogens (tertiary/aromatic N) is 1. The molecule has 1 aromatic rings. The monoisotopic (exact) mass is 159 g/mol. The molecule has 0 spiro atoms. The summed E-state index contributed by atoms with van der Waals surface area (Å²) in [5.74, 6) is 0. The first-order chi connectivity index (χ1) is 5.77. The predicted octanol–water partition coefficient (Wildman–Crippen LogP) is 2.29. The Morgan fingerprint density at radius 1 is 1.58 bits per heavy atom. The lowest BCUT2D eigenvalue weighted by Gasteiger charge is -1.99. The maximum atomic E-state index is 10.2. The van der Waals surface area contributed by atoms with Crippen molar-refractivity contribution in [2.75, 3.05) is 0 Å². The third-order valence-electron chi connectivity index (χ3n) is 1.70. The van der Waals surface area contributed by atoms with E-state index in [1.54, 1.807) is 6.07 Å². The van der Waals surface area contributed by atoms with Crippen molar-refractivity contribution in [1.82, 2.24) is 0 Å². The highest BCUT2D eigenvalue weighted by atomic mass is 16.1. The first kappa shape index (κ1) is 8.48. The molecule has 2 nitrogen and oxygen atoms in total. The van der Waals surface area contributed by atoms with E-state index < -0.39 is 0 Å². The van der Waals surface area contributed by atoms with Gasteiger partial charge < -0.3 is 4.79 Å². The van der Waals surface area contributed by atoms with Crippen molar-refractivity contribution >= 4 is 12.0 Å². The number of aryl methyl sites for hydroxylation is 1. The van der Waals surface area contributed by atoms with Crippen molar-refractivity contribution in [2.24, 2.45) is 0 Å². The van der Waals surface area contributed by atoms with Gasteiger partial charge in [0.05, 0.1) is 6.57 Å². The van der Waals surface area contributed by atoms with Crippen molar-refractivity contribution in [3.63, 3.8) is 0 Å². The minimum Gasteiger partial charge on any atom is -0.303 e. The second-order valence-electron chi connectivity index (χ2n) is 2.60. The van der Waals surface area contributed by atoms with Crippen LogP contribution in [0.3, 0.4) is 0 Å². The third-order valence-corrected chi connectivity index (χ3v) is 1.70. The van der Waals surface area contributed by atoms with Gasteiger partial charge in [-0.05, 0) is 18.1 Å². The van der Waals surface area contributed by atoms with E-state index in [2.05, 4.69) is 4.85 Å². The molecule has 0 saturated carbocycles. The van der Waals surface area contributed by atoms with Gasteiger partial charge in [0.2, 0.25) is 0 Å². The zero-order chi connectivity index (χ0) is 8.97. The van der Waals surface area contributed by atoms with Crippen LogP contribution in [0.4, 0.5) is 5.69 Å². The molecule has 0 radical (unpaired) electrons. The number of rotatable bonds is 2. The first-order valence-electron chi connectivity index (χ1n) is 3.68. The lowest BCUT2D eigenvalue weighted by molar-refractivity contribution is -0.107. The molecule has 0 aliphatic rings. The van der Waals surface area contributed by atoms with Gasteiger partial charge >= 0.3 is 0 Å². The number of hydrogen-bond acceptors (Lipinski definition) is 1. The average molecular weight is 159 g/mol. The summed E-state index contributed by atoms with van der Waals surface area (Å²) in [4.78, 5) is 13.5.